The Labute approximate surface area is 228 Å². The van der Waals surface area contributed by atoms with E-state index in [1.165, 1.54) is 24.3 Å². The van der Waals surface area contributed by atoms with Crippen LogP contribution in [0, 0.1) is 16.7 Å². The first-order valence-corrected chi connectivity index (χ1v) is 11.8. The molecule has 2 aromatic carbocycles. The zero-order chi connectivity index (χ0) is 29.0. The van der Waals surface area contributed by atoms with Crippen LogP contribution in [0.5, 0.6) is 29.3 Å². The number of nitrogens with one attached hydrogen (secondary N) is 3. The van der Waals surface area contributed by atoms with Gasteiger partial charge >= 0.3 is 12.0 Å². The second kappa shape index (κ2) is 11.1. The Bertz CT molecular complexity index is 1530. The first-order valence-electron chi connectivity index (χ1n) is 11.8. The average Bonchev–Trinajstić information content (AvgIpc) is 2.87. The van der Waals surface area contributed by atoms with Gasteiger partial charge in [-0.1, -0.05) is 6.07 Å². The molecular formula is C26H25N7O7. The number of nitrogens with zero attached hydrogens (tertiary/aromatic N) is 3. The summed E-state index contributed by atoms with van der Waals surface area (Å²) in [7, 11) is 0. The van der Waals surface area contributed by atoms with Crippen LogP contribution in [0.15, 0.2) is 42.5 Å². The van der Waals surface area contributed by atoms with E-state index in [-0.39, 0.29) is 52.0 Å². The third-order valence-corrected chi connectivity index (χ3v) is 5.04. The summed E-state index contributed by atoms with van der Waals surface area (Å²) in [6.45, 7) is 4.47. The number of aliphatic hydroxyl groups excluding tert-OH is 1. The number of aliphatic hydroxyl groups is 1. The predicted molar refractivity (Wildman–Crippen MR) is 141 cm³/mol. The quantitative estimate of drug-likeness (QED) is 0.164. The standard InChI is InChI=1S/C26H25N7O7/c1-26(2,3)40-23(36)16-8-7-13(11-27)9-17(16)38-21-19-22(39-18(12-34)20(35)31-19)33-25(32-21)37-15-6-4-5-14(10-15)30-24(28)29/h4-10,18,34H,12H2,1-3H3,(H,31,35)(H4,28,29,30). The van der Waals surface area contributed by atoms with Crippen LogP contribution in [0.3, 0.4) is 0 Å². The maximum atomic E-state index is 12.9. The maximum Gasteiger partial charge on any atom is 0.342 e. The van der Waals surface area contributed by atoms with E-state index in [4.69, 9.17) is 30.1 Å². The van der Waals surface area contributed by atoms with Crippen molar-refractivity contribution in [2.45, 2.75) is 32.5 Å². The molecule has 0 spiro atoms. The van der Waals surface area contributed by atoms with Gasteiger partial charge in [0, 0.05) is 11.8 Å². The lowest BCUT2D eigenvalue weighted by atomic mass is 10.1. The SMILES string of the molecule is CC(C)(C)OC(=O)c1ccc(C#N)cc1Oc1nc(Oc2cccc(NC(=N)N)c2)nc2c1NC(=O)C(CO)O2. The van der Waals surface area contributed by atoms with Gasteiger partial charge in [-0.25, -0.2) is 4.79 Å². The molecule has 1 unspecified atom stereocenters. The number of esters is 1. The fourth-order valence-corrected chi connectivity index (χ4v) is 3.41. The van der Waals surface area contributed by atoms with Crippen molar-refractivity contribution in [2.75, 3.05) is 17.2 Å². The minimum absolute atomic E-state index is 0.0111. The topological polar surface area (TPSA) is 215 Å². The largest absolute Gasteiger partial charge is 0.460 e. The van der Waals surface area contributed by atoms with Gasteiger partial charge in [-0.3, -0.25) is 10.2 Å². The van der Waals surface area contributed by atoms with E-state index in [9.17, 15) is 20.0 Å². The Balaban J connectivity index is 1.78. The molecule has 1 aromatic heterocycles. The molecule has 0 saturated heterocycles. The lowest BCUT2D eigenvalue weighted by Gasteiger charge is -2.25. The van der Waals surface area contributed by atoms with Crippen LogP contribution in [0.1, 0.15) is 36.7 Å². The van der Waals surface area contributed by atoms with Crippen LogP contribution in [0.25, 0.3) is 0 Å². The maximum absolute atomic E-state index is 12.9. The van der Waals surface area contributed by atoms with Crippen LogP contribution >= 0.6 is 0 Å². The second-order valence-electron chi connectivity index (χ2n) is 9.37. The number of benzene rings is 2. The molecule has 3 aromatic rings. The molecule has 14 heteroatoms. The third-order valence-electron chi connectivity index (χ3n) is 5.04. The Hall–Kier alpha value is -5.42. The Morgan fingerprint density at radius 2 is 2.02 bits per heavy atom. The summed E-state index contributed by atoms with van der Waals surface area (Å²) in [5, 5.41) is 31.5. The van der Waals surface area contributed by atoms with E-state index in [1.54, 1.807) is 39.0 Å². The lowest BCUT2D eigenvalue weighted by molar-refractivity contribution is -0.125. The Kier molecular flexibility index (Phi) is 7.69. The molecule has 0 radical (unpaired) electrons. The molecule has 0 aliphatic carbocycles. The van der Waals surface area contributed by atoms with Crippen molar-refractivity contribution in [1.82, 2.24) is 9.97 Å². The van der Waals surface area contributed by atoms with Gasteiger partial charge < -0.3 is 40.4 Å². The van der Waals surface area contributed by atoms with Crippen LogP contribution < -0.4 is 30.6 Å². The van der Waals surface area contributed by atoms with Gasteiger partial charge in [0.15, 0.2) is 11.6 Å². The number of guanidine groups is 1. The normalized spacial score (nSPS) is 14.1. The van der Waals surface area contributed by atoms with Crippen LogP contribution in [-0.2, 0) is 9.53 Å². The number of ether oxygens (including phenoxy) is 4. The summed E-state index contributed by atoms with van der Waals surface area (Å²) >= 11 is 0. The van der Waals surface area contributed by atoms with E-state index in [0.29, 0.717) is 5.69 Å². The molecule has 1 atom stereocenters. The molecule has 0 bridgehead atoms. The number of fused-ring (bicyclic) bond motifs is 1. The van der Waals surface area contributed by atoms with Gasteiger partial charge in [0.2, 0.25) is 12.0 Å². The van der Waals surface area contributed by atoms with Gasteiger partial charge in [0.05, 0.1) is 18.2 Å². The van der Waals surface area contributed by atoms with Gasteiger partial charge in [-0.05, 0) is 51.1 Å². The summed E-state index contributed by atoms with van der Waals surface area (Å²) in [6, 6.07) is 12.2. The number of nitrogens with two attached hydrogens (primary N) is 1. The molecule has 4 rings (SSSR count). The van der Waals surface area contributed by atoms with Crippen molar-refractivity contribution in [1.29, 1.82) is 10.7 Å². The summed E-state index contributed by atoms with van der Waals surface area (Å²) < 4.78 is 22.7. The zero-order valence-electron chi connectivity index (χ0n) is 21.6. The molecule has 206 valence electrons. The minimum atomic E-state index is -1.26. The summed E-state index contributed by atoms with van der Waals surface area (Å²) in [5.74, 6) is -1.98. The highest BCUT2D eigenvalue weighted by Gasteiger charge is 2.33. The molecule has 1 aliphatic rings. The molecule has 2 heterocycles. The highest BCUT2D eigenvalue weighted by atomic mass is 16.6. The van der Waals surface area contributed by atoms with Crippen molar-refractivity contribution in [3.63, 3.8) is 0 Å². The fourth-order valence-electron chi connectivity index (χ4n) is 3.41. The number of carbonyl (C=O) groups excluding carboxylic acids is 2. The number of hydrogen-bond acceptors (Lipinski definition) is 11. The van der Waals surface area contributed by atoms with Gasteiger partial charge in [0.25, 0.3) is 11.8 Å². The van der Waals surface area contributed by atoms with E-state index in [2.05, 4.69) is 20.6 Å². The van der Waals surface area contributed by atoms with Crippen molar-refractivity contribution < 1.29 is 33.6 Å². The number of carbonyl (C=O) groups is 2. The summed E-state index contributed by atoms with van der Waals surface area (Å²) in [4.78, 5) is 33.8. The number of anilines is 2. The molecule has 14 nitrogen and oxygen atoms in total. The molecule has 1 amide bonds. The number of aromatic nitrogens is 2. The minimum Gasteiger partial charge on any atom is -0.460 e. The zero-order valence-corrected chi connectivity index (χ0v) is 21.6. The summed E-state index contributed by atoms with van der Waals surface area (Å²) in [5.41, 5.74) is 5.10. The highest BCUT2D eigenvalue weighted by molar-refractivity contribution is 5.99. The first-order chi connectivity index (χ1) is 19.0. The monoisotopic (exact) mass is 547 g/mol. The molecule has 6 N–H and O–H groups in total. The fraction of sp³-hybridized carbons (Fsp3) is 0.231. The van der Waals surface area contributed by atoms with Crippen molar-refractivity contribution in [3.8, 4) is 35.3 Å². The van der Waals surface area contributed by atoms with E-state index in [0.717, 1.165) is 0 Å². The van der Waals surface area contributed by atoms with E-state index >= 15 is 0 Å². The predicted octanol–water partition coefficient (Wildman–Crippen LogP) is 2.89. The smallest absolute Gasteiger partial charge is 0.342 e. The van der Waals surface area contributed by atoms with Crippen LogP contribution in [0.2, 0.25) is 0 Å². The highest BCUT2D eigenvalue weighted by Crippen LogP contribution is 2.41. The third kappa shape index (κ3) is 6.52. The van der Waals surface area contributed by atoms with E-state index < -0.39 is 30.2 Å². The second-order valence-corrected chi connectivity index (χ2v) is 9.37. The van der Waals surface area contributed by atoms with Crippen molar-refractivity contribution >= 4 is 29.2 Å². The van der Waals surface area contributed by atoms with E-state index in [1.807, 2.05) is 6.07 Å². The molecule has 0 fully saturated rings. The number of hydrogen-bond donors (Lipinski definition) is 5. The molecule has 0 saturated carbocycles. The van der Waals surface area contributed by atoms with Gasteiger partial charge in [0.1, 0.15) is 22.7 Å². The average molecular weight is 548 g/mol. The Morgan fingerprint density at radius 1 is 1.25 bits per heavy atom. The number of nitriles is 1. The first kappa shape index (κ1) is 27.6. The van der Waals surface area contributed by atoms with Crippen molar-refractivity contribution in [2.24, 2.45) is 5.73 Å². The molecule has 1 aliphatic heterocycles. The van der Waals surface area contributed by atoms with Crippen LogP contribution in [-0.4, -0.2) is 51.2 Å². The van der Waals surface area contributed by atoms with Crippen LogP contribution in [0.4, 0.5) is 11.4 Å². The molecule has 40 heavy (non-hydrogen) atoms. The number of rotatable bonds is 7. The summed E-state index contributed by atoms with van der Waals surface area (Å²) in [6.07, 6.45) is -1.26. The molecular weight excluding hydrogens is 522 g/mol. The van der Waals surface area contributed by atoms with Gasteiger partial charge in [-0.15, -0.1) is 0 Å². The Morgan fingerprint density at radius 3 is 2.70 bits per heavy atom. The van der Waals surface area contributed by atoms with Crippen molar-refractivity contribution in [3.05, 3.63) is 53.6 Å². The number of amides is 1. The van der Waals surface area contributed by atoms with Gasteiger partial charge in [-0.2, -0.15) is 15.2 Å². The lowest BCUT2D eigenvalue weighted by Crippen LogP contribution is -2.40.